The maximum atomic E-state index is 7.10. The van der Waals surface area contributed by atoms with Crippen molar-refractivity contribution in [2.24, 2.45) is 4.99 Å². The van der Waals surface area contributed by atoms with Gasteiger partial charge in [0.15, 0.2) is 0 Å². The topological polar surface area (TPSA) is 48.2 Å². The smallest absolute Gasteiger partial charge is 0.0395 e. The molecule has 0 bridgehead atoms. The van der Waals surface area contributed by atoms with Gasteiger partial charge in [-0.3, -0.25) is 4.99 Å². The van der Waals surface area contributed by atoms with Crippen LogP contribution >= 0.6 is 22.6 Å². The summed E-state index contributed by atoms with van der Waals surface area (Å²) in [6.07, 6.45) is 6.88. The molecule has 72 valence electrons. The standard InChI is InChI=1S/C9H14IN3/c1-8(11)3-5-13-6-4-9(7-10)12-2/h3-6,11-12H,7H2,1-2H3/b5-3+,9-4?,11-8?,13-6?. The van der Waals surface area contributed by atoms with E-state index in [9.17, 15) is 0 Å². The Kier molecular flexibility index (Phi) is 7.57. The summed E-state index contributed by atoms with van der Waals surface area (Å²) < 4.78 is 0.938. The van der Waals surface area contributed by atoms with Gasteiger partial charge in [-0.05, 0) is 19.1 Å². The van der Waals surface area contributed by atoms with Crippen molar-refractivity contribution in [3.63, 3.8) is 0 Å². The van der Waals surface area contributed by atoms with E-state index < -0.39 is 0 Å². The van der Waals surface area contributed by atoms with E-state index in [2.05, 4.69) is 32.9 Å². The molecule has 0 aliphatic heterocycles. The van der Waals surface area contributed by atoms with Gasteiger partial charge < -0.3 is 10.7 Å². The third-order valence-corrected chi connectivity index (χ3v) is 2.06. The van der Waals surface area contributed by atoms with Gasteiger partial charge in [-0.2, -0.15) is 0 Å². The van der Waals surface area contributed by atoms with E-state index in [1.807, 2.05) is 13.1 Å². The van der Waals surface area contributed by atoms with E-state index in [1.165, 1.54) is 0 Å². The molecule has 0 radical (unpaired) electrons. The molecule has 2 N–H and O–H groups in total. The third-order valence-electron chi connectivity index (χ3n) is 1.24. The third kappa shape index (κ3) is 7.70. The first kappa shape index (κ1) is 12.3. The van der Waals surface area contributed by atoms with Crippen molar-refractivity contribution in [3.05, 3.63) is 24.0 Å². The monoisotopic (exact) mass is 291 g/mol. The minimum Gasteiger partial charge on any atom is -0.391 e. The number of nitrogens with zero attached hydrogens (tertiary/aromatic N) is 1. The Labute approximate surface area is 92.7 Å². The van der Waals surface area contributed by atoms with Crippen LogP contribution in [0.4, 0.5) is 0 Å². The molecule has 0 atom stereocenters. The molecule has 0 rings (SSSR count). The van der Waals surface area contributed by atoms with Crippen LogP contribution in [0, 0.1) is 5.41 Å². The molecule has 0 heterocycles. The maximum absolute atomic E-state index is 7.10. The van der Waals surface area contributed by atoms with Crippen LogP contribution in [-0.2, 0) is 0 Å². The zero-order valence-corrected chi connectivity index (χ0v) is 10.00. The van der Waals surface area contributed by atoms with Crippen molar-refractivity contribution < 1.29 is 0 Å². The van der Waals surface area contributed by atoms with Gasteiger partial charge in [0, 0.05) is 35.3 Å². The SMILES string of the molecule is CNC(=CC=N/C=C/C(C)=N)CI. The van der Waals surface area contributed by atoms with E-state index in [-0.39, 0.29) is 0 Å². The van der Waals surface area contributed by atoms with Crippen LogP contribution in [0.2, 0.25) is 0 Å². The lowest BCUT2D eigenvalue weighted by Crippen LogP contribution is -2.06. The van der Waals surface area contributed by atoms with Gasteiger partial charge in [0.1, 0.15) is 0 Å². The minimum atomic E-state index is 0.504. The highest BCUT2D eigenvalue weighted by Crippen LogP contribution is 1.92. The summed E-state index contributed by atoms with van der Waals surface area (Å²) in [6.45, 7) is 1.71. The average molecular weight is 291 g/mol. The number of aliphatic imine (C=N–C) groups is 1. The summed E-state index contributed by atoms with van der Waals surface area (Å²) in [5, 5.41) is 10.1. The van der Waals surface area contributed by atoms with Crippen molar-refractivity contribution in [1.29, 1.82) is 5.41 Å². The van der Waals surface area contributed by atoms with Crippen molar-refractivity contribution in [1.82, 2.24) is 5.32 Å². The Morgan fingerprint density at radius 1 is 1.62 bits per heavy atom. The van der Waals surface area contributed by atoms with E-state index in [1.54, 1.807) is 25.4 Å². The van der Waals surface area contributed by atoms with Gasteiger partial charge in [-0.25, -0.2) is 0 Å². The summed E-state index contributed by atoms with van der Waals surface area (Å²) >= 11 is 2.28. The fourth-order valence-electron chi connectivity index (χ4n) is 0.532. The van der Waals surface area contributed by atoms with E-state index in [4.69, 9.17) is 5.41 Å². The molecular weight excluding hydrogens is 277 g/mol. The highest BCUT2D eigenvalue weighted by atomic mass is 127. The van der Waals surface area contributed by atoms with Crippen LogP contribution < -0.4 is 5.32 Å². The normalized spacial score (nSPS) is 12.7. The molecule has 0 saturated heterocycles. The van der Waals surface area contributed by atoms with Gasteiger partial charge in [-0.15, -0.1) is 0 Å². The first-order valence-electron chi connectivity index (χ1n) is 3.88. The number of alkyl halides is 1. The lowest BCUT2D eigenvalue weighted by Gasteiger charge is -1.97. The number of halogens is 1. The molecule has 0 fully saturated rings. The van der Waals surface area contributed by atoms with Gasteiger partial charge in [-0.1, -0.05) is 22.6 Å². The fraction of sp³-hybridized carbons (Fsp3) is 0.333. The largest absolute Gasteiger partial charge is 0.391 e. The van der Waals surface area contributed by atoms with Crippen LogP contribution in [-0.4, -0.2) is 23.4 Å². The van der Waals surface area contributed by atoms with Crippen molar-refractivity contribution in [3.8, 4) is 0 Å². The molecule has 0 amide bonds. The molecular formula is C9H14IN3. The first-order chi connectivity index (χ1) is 6.20. The number of rotatable bonds is 5. The lowest BCUT2D eigenvalue weighted by molar-refractivity contribution is 1.01. The fourth-order valence-corrected chi connectivity index (χ4v) is 1.17. The van der Waals surface area contributed by atoms with Crippen LogP contribution in [0.15, 0.2) is 29.0 Å². The highest BCUT2D eigenvalue weighted by Gasteiger charge is 1.84. The molecule has 0 spiro atoms. The van der Waals surface area contributed by atoms with Crippen LogP contribution in [0.1, 0.15) is 6.92 Å². The second-order valence-corrected chi connectivity index (χ2v) is 3.14. The Balaban J connectivity index is 3.98. The van der Waals surface area contributed by atoms with Crippen molar-refractivity contribution >= 4 is 34.5 Å². The second kappa shape index (κ2) is 7.97. The Hall–Kier alpha value is -0.650. The van der Waals surface area contributed by atoms with Gasteiger partial charge >= 0.3 is 0 Å². The zero-order valence-electron chi connectivity index (χ0n) is 7.84. The quantitative estimate of drug-likeness (QED) is 0.455. The predicted molar refractivity (Wildman–Crippen MR) is 67.1 cm³/mol. The summed E-state index contributed by atoms with van der Waals surface area (Å²) in [6, 6.07) is 0. The molecule has 4 heteroatoms. The molecule has 3 nitrogen and oxygen atoms in total. The number of hydrogen-bond donors (Lipinski definition) is 2. The van der Waals surface area contributed by atoms with Gasteiger partial charge in [0.25, 0.3) is 0 Å². The van der Waals surface area contributed by atoms with Crippen LogP contribution in [0.3, 0.4) is 0 Å². The van der Waals surface area contributed by atoms with Crippen LogP contribution in [0.25, 0.3) is 0 Å². The molecule has 0 saturated carbocycles. The van der Waals surface area contributed by atoms with Crippen molar-refractivity contribution in [2.75, 3.05) is 11.5 Å². The van der Waals surface area contributed by atoms with E-state index >= 15 is 0 Å². The lowest BCUT2D eigenvalue weighted by atomic mass is 10.4. The number of allylic oxidation sites excluding steroid dienone is 3. The Morgan fingerprint density at radius 2 is 2.31 bits per heavy atom. The zero-order chi connectivity index (χ0) is 10.1. The molecule has 13 heavy (non-hydrogen) atoms. The minimum absolute atomic E-state index is 0.504. The molecule has 0 aliphatic rings. The summed E-state index contributed by atoms with van der Waals surface area (Å²) in [5.74, 6) is 0. The molecule has 0 aromatic rings. The Bertz CT molecular complexity index is 235. The highest BCUT2D eigenvalue weighted by molar-refractivity contribution is 14.1. The van der Waals surface area contributed by atoms with Crippen LogP contribution in [0.5, 0.6) is 0 Å². The summed E-state index contributed by atoms with van der Waals surface area (Å²) in [5.41, 5.74) is 1.63. The second-order valence-electron chi connectivity index (χ2n) is 2.37. The predicted octanol–water partition coefficient (Wildman–Crippen LogP) is 2.15. The molecule has 0 aliphatic carbocycles. The van der Waals surface area contributed by atoms with Gasteiger partial charge in [0.05, 0.1) is 0 Å². The van der Waals surface area contributed by atoms with Gasteiger partial charge in [0.2, 0.25) is 0 Å². The maximum Gasteiger partial charge on any atom is 0.0395 e. The molecule has 0 aromatic carbocycles. The van der Waals surface area contributed by atoms with E-state index in [0.717, 1.165) is 10.1 Å². The Morgan fingerprint density at radius 3 is 2.77 bits per heavy atom. The molecule has 0 aromatic heterocycles. The summed E-state index contributed by atoms with van der Waals surface area (Å²) in [7, 11) is 1.88. The van der Waals surface area contributed by atoms with E-state index in [0.29, 0.717) is 5.71 Å². The van der Waals surface area contributed by atoms with Crippen molar-refractivity contribution in [2.45, 2.75) is 6.92 Å². The average Bonchev–Trinajstić information content (AvgIpc) is 2.11. The molecule has 0 unspecified atom stereocenters. The number of hydrogen-bond acceptors (Lipinski definition) is 3. The first-order valence-corrected chi connectivity index (χ1v) is 5.41. The summed E-state index contributed by atoms with van der Waals surface area (Å²) in [4.78, 5) is 3.98. The number of nitrogens with one attached hydrogen (secondary N) is 2.